The van der Waals surface area contributed by atoms with Crippen LogP contribution < -0.4 is 5.32 Å². The zero-order chi connectivity index (χ0) is 14.5. The maximum absolute atomic E-state index is 3.57. The van der Waals surface area contributed by atoms with E-state index in [2.05, 4.69) is 65.7 Å². The van der Waals surface area contributed by atoms with E-state index in [-0.39, 0.29) is 0 Å². The third-order valence-electron chi connectivity index (χ3n) is 4.39. The van der Waals surface area contributed by atoms with Crippen LogP contribution in [0.5, 0.6) is 0 Å². The summed E-state index contributed by atoms with van der Waals surface area (Å²) in [6, 6.07) is 17.4. The summed E-state index contributed by atoms with van der Waals surface area (Å²) >= 11 is 0. The first-order valence-electron chi connectivity index (χ1n) is 7.87. The number of fused-ring (bicyclic) bond motifs is 1. The highest BCUT2D eigenvalue weighted by molar-refractivity contribution is 5.29. The van der Waals surface area contributed by atoms with Gasteiger partial charge < -0.3 is 5.32 Å². The van der Waals surface area contributed by atoms with Gasteiger partial charge in [-0.05, 0) is 35.6 Å². The molecule has 0 aromatic heterocycles. The Kier molecular flexibility index (Phi) is 4.69. The van der Waals surface area contributed by atoms with E-state index >= 15 is 0 Å². The molecule has 2 nitrogen and oxygen atoms in total. The molecule has 2 aromatic rings. The van der Waals surface area contributed by atoms with E-state index in [1.54, 1.807) is 0 Å². The van der Waals surface area contributed by atoms with Crippen LogP contribution in [0, 0.1) is 6.92 Å². The quantitative estimate of drug-likeness (QED) is 0.847. The van der Waals surface area contributed by atoms with Crippen molar-refractivity contribution in [1.29, 1.82) is 0 Å². The lowest BCUT2D eigenvalue weighted by molar-refractivity contribution is 0.254. The Morgan fingerprint density at radius 2 is 1.76 bits per heavy atom. The second kappa shape index (κ2) is 6.88. The molecule has 1 heterocycles. The molecule has 0 aliphatic carbocycles. The van der Waals surface area contributed by atoms with Crippen LogP contribution in [0.1, 0.15) is 22.3 Å². The fourth-order valence-corrected chi connectivity index (χ4v) is 3.01. The summed E-state index contributed by atoms with van der Waals surface area (Å²) in [5, 5.41) is 3.57. The summed E-state index contributed by atoms with van der Waals surface area (Å²) < 4.78 is 0. The highest BCUT2D eigenvalue weighted by Crippen LogP contribution is 2.17. The van der Waals surface area contributed by atoms with Crippen molar-refractivity contribution in [2.24, 2.45) is 0 Å². The summed E-state index contributed by atoms with van der Waals surface area (Å²) in [7, 11) is 0. The van der Waals surface area contributed by atoms with Crippen molar-refractivity contribution in [1.82, 2.24) is 10.2 Å². The van der Waals surface area contributed by atoms with Crippen LogP contribution in [0.25, 0.3) is 0 Å². The first-order valence-corrected chi connectivity index (χ1v) is 7.87. The Morgan fingerprint density at radius 3 is 2.62 bits per heavy atom. The fraction of sp³-hybridized carbons (Fsp3) is 0.368. The number of hydrogen-bond acceptors (Lipinski definition) is 2. The van der Waals surface area contributed by atoms with E-state index in [1.165, 1.54) is 35.2 Å². The molecule has 1 aliphatic rings. The van der Waals surface area contributed by atoms with Crippen molar-refractivity contribution in [3.8, 4) is 0 Å². The third kappa shape index (κ3) is 3.72. The summed E-state index contributed by atoms with van der Waals surface area (Å²) in [4.78, 5) is 2.55. The SMILES string of the molecule is Cc1ccccc1CNCCN1CCc2ccccc2C1. The Bertz CT molecular complexity index is 592. The van der Waals surface area contributed by atoms with E-state index in [4.69, 9.17) is 0 Å². The van der Waals surface area contributed by atoms with E-state index in [9.17, 15) is 0 Å². The lowest BCUT2D eigenvalue weighted by Crippen LogP contribution is -2.36. The molecule has 0 saturated carbocycles. The molecule has 0 atom stereocenters. The number of rotatable bonds is 5. The molecule has 0 spiro atoms. The average molecular weight is 280 g/mol. The Balaban J connectivity index is 1.44. The standard InChI is InChI=1S/C19H24N2/c1-16-6-2-3-8-18(16)14-20-11-13-21-12-10-17-7-4-5-9-19(17)15-21/h2-9,20H,10-15H2,1H3. The van der Waals surface area contributed by atoms with Crippen LogP contribution in [0.4, 0.5) is 0 Å². The van der Waals surface area contributed by atoms with E-state index in [0.717, 1.165) is 26.2 Å². The maximum Gasteiger partial charge on any atom is 0.0237 e. The van der Waals surface area contributed by atoms with Crippen molar-refractivity contribution >= 4 is 0 Å². The van der Waals surface area contributed by atoms with Crippen molar-refractivity contribution in [3.63, 3.8) is 0 Å². The summed E-state index contributed by atoms with van der Waals surface area (Å²) in [5.41, 5.74) is 5.81. The zero-order valence-electron chi connectivity index (χ0n) is 12.8. The molecule has 0 unspecified atom stereocenters. The van der Waals surface area contributed by atoms with Gasteiger partial charge in [0.15, 0.2) is 0 Å². The molecule has 3 rings (SSSR count). The van der Waals surface area contributed by atoms with Gasteiger partial charge in [-0.1, -0.05) is 48.5 Å². The predicted molar refractivity (Wildman–Crippen MR) is 88.3 cm³/mol. The first-order chi connectivity index (χ1) is 10.3. The number of nitrogens with zero attached hydrogens (tertiary/aromatic N) is 1. The van der Waals surface area contributed by atoms with Crippen LogP contribution in [-0.2, 0) is 19.5 Å². The second-order valence-corrected chi connectivity index (χ2v) is 5.90. The van der Waals surface area contributed by atoms with Gasteiger partial charge >= 0.3 is 0 Å². The number of benzene rings is 2. The minimum Gasteiger partial charge on any atom is -0.311 e. The normalized spacial score (nSPS) is 14.9. The molecule has 2 aromatic carbocycles. The van der Waals surface area contributed by atoms with Gasteiger partial charge in [-0.25, -0.2) is 0 Å². The molecule has 110 valence electrons. The summed E-state index contributed by atoms with van der Waals surface area (Å²) in [6.45, 7) is 7.61. The van der Waals surface area contributed by atoms with E-state index < -0.39 is 0 Å². The molecular formula is C19H24N2. The molecular weight excluding hydrogens is 256 g/mol. The minimum absolute atomic E-state index is 0.969. The van der Waals surface area contributed by atoms with Crippen molar-refractivity contribution in [2.45, 2.75) is 26.4 Å². The van der Waals surface area contributed by atoms with Crippen LogP contribution in [0.3, 0.4) is 0 Å². The van der Waals surface area contributed by atoms with Crippen LogP contribution in [0.2, 0.25) is 0 Å². The van der Waals surface area contributed by atoms with Gasteiger partial charge in [0.05, 0.1) is 0 Å². The monoisotopic (exact) mass is 280 g/mol. The largest absolute Gasteiger partial charge is 0.311 e. The average Bonchev–Trinajstić information content (AvgIpc) is 2.53. The van der Waals surface area contributed by atoms with Gasteiger partial charge in [0.25, 0.3) is 0 Å². The second-order valence-electron chi connectivity index (χ2n) is 5.90. The van der Waals surface area contributed by atoms with Crippen molar-refractivity contribution in [3.05, 3.63) is 70.8 Å². The molecule has 21 heavy (non-hydrogen) atoms. The molecule has 0 fully saturated rings. The smallest absolute Gasteiger partial charge is 0.0237 e. The van der Waals surface area contributed by atoms with Crippen LogP contribution in [-0.4, -0.2) is 24.5 Å². The van der Waals surface area contributed by atoms with Crippen molar-refractivity contribution < 1.29 is 0 Å². The Labute approximate surface area is 127 Å². The van der Waals surface area contributed by atoms with Gasteiger partial charge in [-0.3, -0.25) is 4.90 Å². The fourth-order valence-electron chi connectivity index (χ4n) is 3.01. The maximum atomic E-state index is 3.57. The van der Waals surface area contributed by atoms with Crippen LogP contribution >= 0.6 is 0 Å². The Morgan fingerprint density at radius 1 is 1.00 bits per heavy atom. The van der Waals surface area contributed by atoms with Gasteiger partial charge in [0.2, 0.25) is 0 Å². The van der Waals surface area contributed by atoms with E-state index in [0.29, 0.717) is 0 Å². The number of aryl methyl sites for hydroxylation is 1. The molecule has 2 heteroatoms. The first kappa shape index (κ1) is 14.3. The Hall–Kier alpha value is -1.64. The van der Waals surface area contributed by atoms with Crippen molar-refractivity contribution in [2.75, 3.05) is 19.6 Å². The lowest BCUT2D eigenvalue weighted by atomic mass is 10.00. The van der Waals surface area contributed by atoms with E-state index in [1.807, 2.05) is 0 Å². The van der Waals surface area contributed by atoms with Gasteiger partial charge in [-0.15, -0.1) is 0 Å². The van der Waals surface area contributed by atoms with Gasteiger partial charge in [0, 0.05) is 32.7 Å². The molecule has 1 N–H and O–H groups in total. The van der Waals surface area contributed by atoms with Gasteiger partial charge in [-0.2, -0.15) is 0 Å². The molecule has 0 amide bonds. The third-order valence-corrected chi connectivity index (χ3v) is 4.39. The topological polar surface area (TPSA) is 15.3 Å². The molecule has 0 saturated heterocycles. The van der Waals surface area contributed by atoms with Gasteiger partial charge in [0.1, 0.15) is 0 Å². The summed E-state index contributed by atoms with van der Waals surface area (Å²) in [5.74, 6) is 0. The minimum atomic E-state index is 0.969. The number of nitrogens with one attached hydrogen (secondary N) is 1. The highest BCUT2D eigenvalue weighted by Gasteiger charge is 2.14. The van der Waals surface area contributed by atoms with Crippen LogP contribution in [0.15, 0.2) is 48.5 Å². The zero-order valence-corrected chi connectivity index (χ0v) is 12.8. The molecule has 0 radical (unpaired) electrons. The number of hydrogen-bond donors (Lipinski definition) is 1. The highest BCUT2D eigenvalue weighted by atomic mass is 15.1. The predicted octanol–water partition coefficient (Wildman–Crippen LogP) is 3.14. The lowest BCUT2D eigenvalue weighted by Gasteiger charge is -2.28. The molecule has 1 aliphatic heterocycles. The molecule has 0 bridgehead atoms. The summed E-state index contributed by atoms with van der Waals surface area (Å²) in [6.07, 6.45) is 1.19.